The molecular formula is C12H16FNO3. The highest BCUT2D eigenvalue weighted by atomic mass is 19.1. The lowest BCUT2D eigenvalue weighted by Crippen LogP contribution is -2.12. The van der Waals surface area contributed by atoms with Gasteiger partial charge in [-0.25, -0.2) is 4.39 Å². The minimum absolute atomic E-state index is 0.153. The third kappa shape index (κ3) is 3.25. The van der Waals surface area contributed by atoms with Crippen LogP contribution >= 0.6 is 0 Å². The zero-order valence-corrected chi connectivity index (χ0v) is 9.96. The number of benzene rings is 1. The van der Waals surface area contributed by atoms with Gasteiger partial charge in [0.1, 0.15) is 11.6 Å². The molecule has 0 atom stereocenters. The summed E-state index contributed by atoms with van der Waals surface area (Å²) in [6.45, 7) is 0.394. The summed E-state index contributed by atoms with van der Waals surface area (Å²) >= 11 is 0. The molecule has 94 valence electrons. The van der Waals surface area contributed by atoms with Gasteiger partial charge < -0.3 is 15.2 Å². The van der Waals surface area contributed by atoms with Gasteiger partial charge in [0.25, 0.3) is 0 Å². The van der Waals surface area contributed by atoms with Crippen molar-refractivity contribution in [2.24, 2.45) is 5.73 Å². The summed E-state index contributed by atoms with van der Waals surface area (Å²) in [6.07, 6.45) is 0.193. The van der Waals surface area contributed by atoms with Crippen LogP contribution in [0.25, 0.3) is 0 Å². The van der Waals surface area contributed by atoms with E-state index in [0.29, 0.717) is 11.1 Å². The van der Waals surface area contributed by atoms with E-state index in [-0.39, 0.29) is 31.1 Å². The highest BCUT2D eigenvalue weighted by Crippen LogP contribution is 2.26. The first-order valence-electron chi connectivity index (χ1n) is 5.22. The Labute approximate surface area is 99.5 Å². The zero-order chi connectivity index (χ0) is 12.8. The van der Waals surface area contributed by atoms with Crippen molar-refractivity contribution in [3.63, 3.8) is 0 Å². The second kappa shape index (κ2) is 6.32. The summed E-state index contributed by atoms with van der Waals surface area (Å²) in [4.78, 5) is 11.9. The molecule has 0 unspecified atom stereocenters. The fraction of sp³-hybridized carbons (Fsp3) is 0.417. The Kier molecular flexibility index (Phi) is 5.06. The summed E-state index contributed by atoms with van der Waals surface area (Å²) in [6, 6.07) is 2.46. The van der Waals surface area contributed by atoms with Crippen molar-refractivity contribution in [1.29, 1.82) is 0 Å². The molecule has 0 spiro atoms. The number of halogens is 1. The second-order valence-electron chi connectivity index (χ2n) is 3.54. The molecule has 0 radical (unpaired) electrons. The first-order valence-corrected chi connectivity index (χ1v) is 5.22. The topological polar surface area (TPSA) is 61.5 Å². The molecule has 0 saturated heterocycles. The molecule has 0 amide bonds. The van der Waals surface area contributed by atoms with E-state index in [1.807, 2.05) is 0 Å². The van der Waals surface area contributed by atoms with E-state index in [0.717, 1.165) is 0 Å². The molecule has 0 aromatic heterocycles. The summed E-state index contributed by atoms with van der Waals surface area (Å²) < 4.78 is 23.3. The Morgan fingerprint density at radius 2 is 2.12 bits per heavy atom. The number of methoxy groups -OCH3 is 2. The van der Waals surface area contributed by atoms with E-state index < -0.39 is 5.82 Å². The van der Waals surface area contributed by atoms with Crippen LogP contribution in [-0.4, -0.2) is 26.5 Å². The zero-order valence-electron chi connectivity index (χ0n) is 9.96. The van der Waals surface area contributed by atoms with Gasteiger partial charge in [-0.2, -0.15) is 0 Å². The van der Waals surface area contributed by atoms with E-state index in [2.05, 4.69) is 0 Å². The van der Waals surface area contributed by atoms with Crippen LogP contribution < -0.4 is 10.5 Å². The van der Waals surface area contributed by atoms with E-state index >= 15 is 0 Å². The maximum Gasteiger partial charge on any atom is 0.168 e. The fourth-order valence-corrected chi connectivity index (χ4v) is 1.64. The molecule has 2 N–H and O–H groups in total. The predicted octanol–water partition coefficient (Wildman–Crippen LogP) is 1.51. The molecule has 0 aliphatic carbocycles. The van der Waals surface area contributed by atoms with Gasteiger partial charge in [-0.05, 0) is 18.2 Å². The van der Waals surface area contributed by atoms with Crippen LogP contribution in [0.1, 0.15) is 22.3 Å². The van der Waals surface area contributed by atoms with Crippen LogP contribution in [-0.2, 0) is 11.3 Å². The highest BCUT2D eigenvalue weighted by molar-refractivity contribution is 6.00. The van der Waals surface area contributed by atoms with Gasteiger partial charge in [-0.1, -0.05) is 0 Å². The average molecular weight is 241 g/mol. The number of carbonyl (C=O) groups is 1. The number of ether oxygens (including phenoxy) is 2. The largest absolute Gasteiger partial charge is 0.496 e. The molecule has 0 fully saturated rings. The third-order valence-electron chi connectivity index (χ3n) is 2.32. The Hall–Kier alpha value is -1.46. The maximum absolute atomic E-state index is 13.3. The molecule has 4 nitrogen and oxygen atoms in total. The van der Waals surface area contributed by atoms with Crippen molar-refractivity contribution in [2.75, 3.05) is 20.8 Å². The SMILES string of the molecule is COCc1cc(F)cc(OC)c1C(=O)CCN. The van der Waals surface area contributed by atoms with Gasteiger partial charge in [-0.3, -0.25) is 4.79 Å². The number of hydrogen-bond donors (Lipinski definition) is 1. The second-order valence-corrected chi connectivity index (χ2v) is 3.54. The Bertz CT molecular complexity index is 407. The number of carbonyl (C=O) groups excluding carboxylic acids is 1. The summed E-state index contributed by atoms with van der Waals surface area (Å²) in [5, 5.41) is 0. The van der Waals surface area contributed by atoms with Crippen LogP contribution in [0.3, 0.4) is 0 Å². The van der Waals surface area contributed by atoms with E-state index in [1.165, 1.54) is 26.4 Å². The van der Waals surface area contributed by atoms with Crippen molar-refractivity contribution in [3.8, 4) is 5.75 Å². The first kappa shape index (κ1) is 13.6. The molecule has 5 heteroatoms. The van der Waals surface area contributed by atoms with Gasteiger partial charge in [0, 0.05) is 19.6 Å². The lowest BCUT2D eigenvalue weighted by Gasteiger charge is -2.12. The monoisotopic (exact) mass is 241 g/mol. The quantitative estimate of drug-likeness (QED) is 0.767. The Balaban J connectivity index is 3.25. The molecule has 0 bridgehead atoms. The third-order valence-corrected chi connectivity index (χ3v) is 2.32. The predicted molar refractivity (Wildman–Crippen MR) is 61.7 cm³/mol. The van der Waals surface area contributed by atoms with Crippen molar-refractivity contribution in [2.45, 2.75) is 13.0 Å². The van der Waals surface area contributed by atoms with Crippen LogP contribution in [0, 0.1) is 5.82 Å². The molecule has 0 saturated carbocycles. The maximum atomic E-state index is 13.3. The molecular weight excluding hydrogens is 225 g/mol. The number of ketones is 1. The number of nitrogens with two attached hydrogens (primary N) is 1. The number of Topliss-reactive ketones (excluding diaryl/α,β-unsaturated/α-hetero) is 1. The van der Waals surface area contributed by atoms with E-state index in [4.69, 9.17) is 15.2 Å². The molecule has 1 rings (SSSR count). The van der Waals surface area contributed by atoms with Crippen molar-refractivity contribution >= 4 is 5.78 Å². The van der Waals surface area contributed by atoms with Gasteiger partial charge in [0.15, 0.2) is 5.78 Å². The molecule has 1 aromatic rings. The van der Waals surface area contributed by atoms with Gasteiger partial charge >= 0.3 is 0 Å². The molecule has 0 heterocycles. The average Bonchev–Trinajstić information content (AvgIpc) is 2.28. The van der Waals surface area contributed by atoms with Crippen LogP contribution in [0.5, 0.6) is 5.75 Å². The van der Waals surface area contributed by atoms with Crippen molar-refractivity contribution in [3.05, 3.63) is 29.1 Å². The minimum atomic E-state index is -0.460. The molecule has 0 aliphatic heterocycles. The van der Waals surface area contributed by atoms with Crippen molar-refractivity contribution in [1.82, 2.24) is 0 Å². The fourth-order valence-electron chi connectivity index (χ4n) is 1.64. The van der Waals surface area contributed by atoms with Gasteiger partial charge in [0.2, 0.25) is 0 Å². The lowest BCUT2D eigenvalue weighted by atomic mass is 10.0. The molecule has 1 aromatic carbocycles. The summed E-state index contributed by atoms with van der Waals surface area (Å²) in [5.41, 5.74) is 6.17. The van der Waals surface area contributed by atoms with E-state index in [9.17, 15) is 9.18 Å². The van der Waals surface area contributed by atoms with Crippen LogP contribution in [0.4, 0.5) is 4.39 Å². The van der Waals surface area contributed by atoms with Gasteiger partial charge in [-0.15, -0.1) is 0 Å². The minimum Gasteiger partial charge on any atom is -0.496 e. The smallest absolute Gasteiger partial charge is 0.168 e. The summed E-state index contributed by atoms with van der Waals surface area (Å²) in [5.74, 6) is -0.412. The van der Waals surface area contributed by atoms with Crippen LogP contribution in [0.2, 0.25) is 0 Å². The van der Waals surface area contributed by atoms with Gasteiger partial charge in [0.05, 0.1) is 19.3 Å². The lowest BCUT2D eigenvalue weighted by molar-refractivity contribution is 0.0977. The molecule has 0 aliphatic rings. The normalized spacial score (nSPS) is 10.4. The standard InChI is InChI=1S/C12H16FNO3/c1-16-7-8-5-9(13)6-11(17-2)12(8)10(15)3-4-14/h5-6H,3-4,7,14H2,1-2H3. The highest BCUT2D eigenvalue weighted by Gasteiger charge is 2.18. The molecule has 17 heavy (non-hydrogen) atoms. The van der Waals surface area contributed by atoms with Crippen LogP contribution in [0.15, 0.2) is 12.1 Å². The first-order chi connectivity index (χ1) is 8.13. The number of hydrogen-bond acceptors (Lipinski definition) is 4. The van der Waals surface area contributed by atoms with E-state index in [1.54, 1.807) is 0 Å². The summed E-state index contributed by atoms with van der Waals surface area (Å²) in [7, 11) is 2.87. The van der Waals surface area contributed by atoms with Crippen molar-refractivity contribution < 1.29 is 18.7 Å². The Morgan fingerprint density at radius 3 is 2.65 bits per heavy atom. The number of rotatable bonds is 6. The Morgan fingerprint density at radius 1 is 1.41 bits per heavy atom.